The maximum Gasteiger partial charge on any atom is 0.434 e. The highest BCUT2D eigenvalue weighted by Gasteiger charge is 2.42. The predicted octanol–water partition coefficient (Wildman–Crippen LogP) is 4.54. The first-order valence-electron chi connectivity index (χ1n) is 7.93. The number of nitrogens with zero attached hydrogens (tertiary/aromatic N) is 1. The molecule has 0 radical (unpaired) electrons. The van der Waals surface area contributed by atoms with Crippen LogP contribution in [0.25, 0.3) is 0 Å². The number of pyridine rings is 1. The van der Waals surface area contributed by atoms with Crippen LogP contribution in [0.2, 0.25) is 0 Å². The largest absolute Gasteiger partial charge is 0.462 e. The van der Waals surface area contributed by atoms with Crippen molar-refractivity contribution in [2.75, 3.05) is 12.4 Å². The number of hydrogen-bond donors (Lipinski definition) is 0. The Morgan fingerprint density at radius 3 is 2.19 bits per heavy atom. The van der Waals surface area contributed by atoms with E-state index < -0.39 is 51.2 Å². The number of hydrogen-bond acceptors (Lipinski definition) is 4. The van der Waals surface area contributed by atoms with Crippen molar-refractivity contribution in [3.8, 4) is 0 Å². The second-order valence-electron chi connectivity index (χ2n) is 5.78. The van der Waals surface area contributed by atoms with E-state index in [0.29, 0.717) is 0 Å². The van der Waals surface area contributed by atoms with Gasteiger partial charge >= 0.3 is 12.1 Å². The molecule has 0 aliphatic rings. The van der Waals surface area contributed by atoms with E-state index >= 15 is 0 Å². The average molecular weight is 401 g/mol. The molecule has 1 heterocycles. The molecular formula is C16H20F5NO3S. The highest BCUT2D eigenvalue weighted by molar-refractivity contribution is 7.85. The monoisotopic (exact) mass is 401 g/mol. The van der Waals surface area contributed by atoms with Gasteiger partial charge in [0, 0.05) is 5.75 Å². The van der Waals surface area contributed by atoms with Crippen molar-refractivity contribution in [2.45, 2.75) is 51.6 Å². The number of aromatic nitrogens is 1. The van der Waals surface area contributed by atoms with E-state index in [1.54, 1.807) is 13.8 Å². The predicted molar refractivity (Wildman–Crippen MR) is 85.6 cm³/mol. The number of carbonyl (C=O) groups excluding carboxylic acids is 1. The summed E-state index contributed by atoms with van der Waals surface area (Å²) in [5.41, 5.74) is -4.22. The average Bonchev–Trinajstić information content (AvgIpc) is 2.51. The van der Waals surface area contributed by atoms with E-state index in [1.807, 2.05) is 0 Å². The SMILES string of the molecule is CCOC(=O)c1c(C(F)(F)F)nc(C(F)F)c(S(=O)CC)c1CC(C)C. The maximum absolute atomic E-state index is 13.4. The smallest absolute Gasteiger partial charge is 0.434 e. The van der Waals surface area contributed by atoms with Crippen molar-refractivity contribution in [2.24, 2.45) is 5.92 Å². The van der Waals surface area contributed by atoms with Crippen LogP contribution in [0, 0.1) is 5.92 Å². The molecule has 0 N–H and O–H groups in total. The lowest BCUT2D eigenvalue weighted by Gasteiger charge is -2.22. The molecule has 4 nitrogen and oxygen atoms in total. The van der Waals surface area contributed by atoms with Crippen LogP contribution in [0.5, 0.6) is 0 Å². The fourth-order valence-electron chi connectivity index (χ4n) is 2.42. The van der Waals surface area contributed by atoms with E-state index in [9.17, 15) is 31.0 Å². The van der Waals surface area contributed by atoms with Crippen molar-refractivity contribution >= 4 is 16.8 Å². The molecule has 148 valence electrons. The zero-order valence-electron chi connectivity index (χ0n) is 14.7. The highest BCUT2D eigenvalue weighted by Crippen LogP contribution is 2.39. The molecule has 0 aliphatic heterocycles. The van der Waals surface area contributed by atoms with E-state index in [-0.39, 0.29) is 30.3 Å². The lowest BCUT2D eigenvalue weighted by Crippen LogP contribution is -2.24. The standard InChI is InChI=1S/C16H20F5NO3S/c1-5-25-15(23)10-9(7-8(3)4)12(26(24)6-2)11(14(17)18)22-13(10)16(19,20)21/h8,14H,5-7H2,1-4H3. The minimum Gasteiger partial charge on any atom is -0.462 e. The Morgan fingerprint density at radius 2 is 1.81 bits per heavy atom. The normalized spacial score (nSPS) is 13.3. The summed E-state index contributed by atoms with van der Waals surface area (Å²) >= 11 is 0. The molecule has 10 heteroatoms. The van der Waals surface area contributed by atoms with E-state index in [0.717, 1.165) is 0 Å². The summed E-state index contributed by atoms with van der Waals surface area (Å²) in [5.74, 6) is -1.72. The molecule has 0 fully saturated rings. The molecule has 1 unspecified atom stereocenters. The first kappa shape index (κ1) is 22.5. The lowest BCUT2D eigenvalue weighted by molar-refractivity contribution is -0.142. The molecule has 1 atom stereocenters. The molecule has 0 aromatic carbocycles. The first-order chi connectivity index (χ1) is 11.9. The van der Waals surface area contributed by atoms with Crippen molar-refractivity contribution in [3.63, 3.8) is 0 Å². The molecule has 0 spiro atoms. The Hall–Kier alpha value is -1.58. The van der Waals surface area contributed by atoms with Crippen LogP contribution in [-0.2, 0) is 28.1 Å². The number of alkyl halides is 5. The van der Waals surface area contributed by atoms with Crippen LogP contribution in [-0.4, -0.2) is 27.5 Å². The lowest BCUT2D eigenvalue weighted by atomic mass is 9.95. The van der Waals surface area contributed by atoms with Gasteiger partial charge < -0.3 is 4.74 Å². The van der Waals surface area contributed by atoms with E-state index in [1.165, 1.54) is 13.8 Å². The Bertz CT molecular complexity index is 689. The number of carbonyl (C=O) groups is 1. The molecule has 0 amide bonds. The van der Waals surface area contributed by atoms with E-state index in [4.69, 9.17) is 0 Å². The van der Waals surface area contributed by atoms with Gasteiger partial charge in [0.25, 0.3) is 6.43 Å². The minimum absolute atomic E-state index is 0.111. The number of esters is 1. The summed E-state index contributed by atoms with van der Waals surface area (Å²) < 4.78 is 84.1. The summed E-state index contributed by atoms with van der Waals surface area (Å²) in [6, 6.07) is 0. The summed E-state index contributed by atoms with van der Waals surface area (Å²) in [5, 5.41) is 0. The highest BCUT2D eigenvalue weighted by atomic mass is 32.2. The minimum atomic E-state index is -5.15. The van der Waals surface area contributed by atoms with Crippen LogP contribution in [0.1, 0.15) is 61.4 Å². The summed E-state index contributed by atoms with van der Waals surface area (Å²) in [7, 11) is -2.03. The fourth-order valence-corrected chi connectivity index (χ4v) is 3.53. The maximum atomic E-state index is 13.4. The second kappa shape index (κ2) is 8.88. The van der Waals surface area contributed by atoms with Gasteiger partial charge in [-0.15, -0.1) is 0 Å². The number of ether oxygens (including phenoxy) is 1. The van der Waals surface area contributed by atoms with Crippen molar-refractivity contribution < 1.29 is 35.7 Å². The van der Waals surface area contributed by atoms with Gasteiger partial charge in [-0.05, 0) is 24.8 Å². The first-order valence-corrected chi connectivity index (χ1v) is 9.25. The van der Waals surface area contributed by atoms with Crippen LogP contribution in [0.3, 0.4) is 0 Å². The van der Waals surface area contributed by atoms with Gasteiger partial charge in [-0.1, -0.05) is 20.8 Å². The van der Waals surface area contributed by atoms with Gasteiger partial charge in [0.05, 0.1) is 27.9 Å². The third-order valence-corrected chi connectivity index (χ3v) is 4.77. The molecule has 1 rings (SSSR count). The van der Waals surface area contributed by atoms with Gasteiger partial charge in [-0.2, -0.15) is 13.2 Å². The molecule has 0 saturated heterocycles. The second-order valence-corrected chi connectivity index (χ2v) is 7.46. The van der Waals surface area contributed by atoms with Gasteiger partial charge in [-0.25, -0.2) is 18.6 Å². The molecule has 0 aliphatic carbocycles. The van der Waals surface area contributed by atoms with Gasteiger partial charge in [-0.3, -0.25) is 4.21 Å². The zero-order valence-corrected chi connectivity index (χ0v) is 15.6. The van der Waals surface area contributed by atoms with E-state index in [2.05, 4.69) is 9.72 Å². The fraction of sp³-hybridized carbons (Fsp3) is 0.625. The molecular weight excluding hydrogens is 381 g/mol. The zero-order chi connectivity index (χ0) is 20.2. The number of rotatable bonds is 7. The molecule has 1 aromatic heterocycles. The Kier molecular flexibility index (Phi) is 7.67. The van der Waals surface area contributed by atoms with Crippen molar-refractivity contribution in [1.82, 2.24) is 4.98 Å². The van der Waals surface area contributed by atoms with Crippen molar-refractivity contribution in [1.29, 1.82) is 0 Å². The Labute approximate surface area is 150 Å². The quantitative estimate of drug-likeness (QED) is 0.497. The topological polar surface area (TPSA) is 56.3 Å². The third-order valence-electron chi connectivity index (χ3n) is 3.33. The van der Waals surface area contributed by atoms with Gasteiger partial charge in [0.1, 0.15) is 5.69 Å². The van der Waals surface area contributed by atoms with Crippen LogP contribution < -0.4 is 0 Å². The van der Waals surface area contributed by atoms with Gasteiger partial charge in [0.15, 0.2) is 5.69 Å². The third kappa shape index (κ3) is 4.99. The van der Waals surface area contributed by atoms with Crippen LogP contribution in [0.4, 0.5) is 22.0 Å². The molecule has 0 saturated carbocycles. The molecule has 1 aromatic rings. The Balaban J connectivity index is 4.03. The Morgan fingerprint density at radius 1 is 1.23 bits per heavy atom. The van der Waals surface area contributed by atoms with Crippen molar-refractivity contribution in [3.05, 3.63) is 22.5 Å². The number of halogens is 5. The van der Waals surface area contributed by atoms with Crippen LogP contribution >= 0.6 is 0 Å². The molecule has 26 heavy (non-hydrogen) atoms. The van der Waals surface area contributed by atoms with Gasteiger partial charge in [0.2, 0.25) is 0 Å². The summed E-state index contributed by atoms with van der Waals surface area (Å²) in [4.78, 5) is 14.7. The summed E-state index contributed by atoms with van der Waals surface area (Å²) in [6.45, 7) is 5.91. The summed E-state index contributed by atoms with van der Waals surface area (Å²) in [6.07, 6.45) is -8.67. The van der Waals surface area contributed by atoms with Crippen LogP contribution in [0.15, 0.2) is 4.90 Å². The molecule has 0 bridgehead atoms.